The maximum absolute atomic E-state index is 12.6. The van der Waals surface area contributed by atoms with Gasteiger partial charge in [-0.2, -0.15) is 4.31 Å². The summed E-state index contributed by atoms with van der Waals surface area (Å²) in [5, 5.41) is 0. The summed E-state index contributed by atoms with van der Waals surface area (Å²) in [6.45, 7) is 5.63. The minimum atomic E-state index is -3.39. The molecule has 0 aromatic heterocycles. The van der Waals surface area contributed by atoms with Crippen LogP contribution in [-0.2, 0) is 21.2 Å². The normalized spacial score (nSPS) is 15.6. The summed E-state index contributed by atoms with van der Waals surface area (Å²) in [6, 6.07) is 6.97. The van der Waals surface area contributed by atoms with E-state index in [-0.39, 0.29) is 5.91 Å². The summed E-state index contributed by atoms with van der Waals surface area (Å²) in [7, 11) is -1.57. The summed E-state index contributed by atoms with van der Waals surface area (Å²) in [5.41, 5.74) is 0.982. The van der Waals surface area contributed by atoms with Gasteiger partial charge in [0, 0.05) is 33.1 Å². The van der Waals surface area contributed by atoms with E-state index in [2.05, 4.69) is 6.58 Å². The number of unbranched alkanes of at least 4 members (excludes halogenated alkanes) is 1. The van der Waals surface area contributed by atoms with Gasteiger partial charge in [0.05, 0.1) is 4.90 Å². The molecule has 1 aromatic carbocycles. The fourth-order valence-electron chi connectivity index (χ4n) is 3.12. The van der Waals surface area contributed by atoms with Gasteiger partial charge in [-0.3, -0.25) is 4.79 Å². The molecule has 0 atom stereocenters. The van der Waals surface area contributed by atoms with Crippen LogP contribution in [0.25, 0.3) is 0 Å². The first-order chi connectivity index (χ1) is 12.4. The average Bonchev–Trinajstić information content (AvgIpc) is 2.67. The van der Waals surface area contributed by atoms with Gasteiger partial charge >= 0.3 is 0 Å². The van der Waals surface area contributed by atoms with Crippen molar-refractivity contribution in [2.24, 2.45) is 0 Å². The van der Waals surface area contributed by atoms with Crippen molar-refractivity contribution in [3.8, 4) is 0 Å². The molecule has 0 bridgehead atoms. The maximum atomic E-state index is 12.6. The molecule has 1 aliphatic rings. The first-order valence-corrected chi connectivity index (χ1v) is 10.8. The van der Waals surface area contributed by atoms with Crippen molar-refractivity contribution >= 4 is 15.9 Å². The first kappa shape index (κ1) is 20.6. The van der Waals surface area contributed by atoms with Crippen LogP contribution in [0.1, 0.15) is 44.1 Å². The SMILES string of the molecule is C=CCCCN(C)C(=O)CCc1ccc(S(=O)(=O)N2CCCCC2)cc1. The number of carbonyl (C=O) groups excluding carboxylic acids is 1. The zero-order valence-electron chi connectivity index (χ0n) is 15.7. The van der Waals surface area contributed by atoms with Crippen LogP contribution in [0.3, 0.4) is 0 Å². The molecule has 1 amide bonds. The summed E-state index contributed by atoms with van der Waals surface area (Å²) in [5.74, 6) is 0.110. The number of allylic oxidation sites excluding steroid dienone is 1. The van der Waals surface area contributed by atoms with E-state index < -0.39 is 10.0 Å². The Hall–Kier alpha value is -1.66. The Labute approximate surface area is 157 Å². The van der Waals surface area contributed by atoms with E-state index in [0.29, 0.717) is 30.8 Å². The molecule has 0 unspecified atom stereocenters. The van der Waals surface area contributed by atoms with Gasteiger partial charge in [-0.15, -0.1) is 6.58 Å². The topological polar surface area (TPSA) is 57.7 Å². The average molecular weight is 379 g/mol. The van der Waals surface area contributed by atoms with Crippen molar-refractivity contribution in [1.29, 1.82) is 0 Å². The van der Waals surface area contributed by atoms with Gasteiger partial charge in [-0.1, -0.05) is 24.6 Å². The van der Waals surface area contributed by atoms with Crippen LogP contribution in [0.2, 0.25) is 0 Å². The van der Waals surface area contributed by atoms with Crippen molar-refractivity contribution in [3.63, 3.8) is 0 Å². The van der Waals surface area contributed by atoms with Crippen LogP contribution in [0.4, 0.5) is 0 Å². The van der Waals surface area contributed by atoms with Gasteiger partial charge in [0.15, 0.2) is 0 Å². The monoisotopic (exact) mass is 378 g/mol. The zero-order valence-corrected chi connectivity index (χ0v) is 16.5. The van der Waals surface area contributed by atoms with Crippen molar-refractivity contribution in [2.45, 2.75) is 49.8 Å². The zero-order chi connectivity index (χ0) is 19.0. The van der Waals surface area contributed by atoms with Crippen molar-refractivity contribution in [3.05, 3.63) is 42.5 Å². The van der Waals surface area contributed by atoms with Gasteiger partial charge < -0.3 is 4.90 Å². The van der Waals surface area contributed by atoms with Crippen LogP contribution in [0.5, 0.6) is 0 Å². The van der Waals surface area contributed by atoms with Crippen LogP contribution in [0.15, 0.2) is 41.8 Å². The Balaban J connectivity index is 1.89. The number of hydrogen-bond donors (Lipinski definition) is 0. The lowest BCUT2D eigenvalue weighted by molar-refractivity contribution is -0.129. The molecule has 0 spiro atoms. The smallest absolute Gasteiger partial charge is 0.243 e. The van der Waals surface area contributed by atoms with Crippen LogP contribution < -0.4 is 0 Å². The van der Waals surface area contributed by atoms with E-state index in [1.807, 2.05) is 25.3 Å². The molecule has 1 saturated heterocycles. The lowest BCUT2D eigenvalue weighted by Crippen LogP contribution is -2.35. The molecule has 5 nitrogen and oxygen atoms in total. The number of benzene rings is 1. The summed E-state index contributed by atoms with van der Waals surface area (Å²) in [6.07, 6.45) is 7.70. The fourth-order valence-corrected chi connectivity index (χ4v) is 4.64. The Morgan fingerprint density at radius 3 is 2.46 bits per heavy atom. The molecular weight excluding hydrogens is 348 g/mol. The number of nitrogens with zero attached hydrogens (tertiary/aromatic N) is 2. The summed E-state index contributed by atoms with van der Waals surface area (Å²) >= 11 is 0. The molecule has 26 heavy (non-hydrogen) atoms. The van der Waals surface area contributed by atoms with E-state index in [0.717, 1.165) is 44.2 Å². The number of hydrogen-bond acceptors (Lipinski definition) is 3. The lowest BCUT2D eigenvalue weighted by atomic mass is 10.1. The predicted molar refractivity (Wildman–Crippen MR) is 104 cm³/mol. The third kappa shape index (κ3) is 5.68. The summed E-state index contributed by atoms with van der Waals surface area (Å²) in [4.78, 5) is 14.2. The Morgan fingerprint density at radius 1 is 1.19 bits per heavy atom. The van der Waals surface area contributed by atoms with Crippen molar-refractivity contribution < 1.29 is 13.2 Å². The van der Waals surface area contributed by atoms with Crippen molar-refractivity contribution in [2.75, 3.05) is 26.7 Å². The quantitative estimate of drug-likeness (QED) is 0.490. The third-order valence-electron chi connectivity index (χ3n) is 4.83. The van der Waals surface area contributed by atoms with Crippen LogP contribution in [0, 0.1) is 0 Å². The molecule has 2 rings (SSSR count). The van der Waals surface area contributed by atoms with Gasteiger partial charge in [0.1, 0.15) is 0 Å². The fraction of sp³-hybridized carbons (Fsp3) is 0.550. The van der Waals surface area contributed by atoms with Crippen molar-refractivity contribution in [1.82, 2.24) is 9.21 Å². The molecule has 6 heteroatoms. The van der Waals surface area contributed by atoms with Gasteiger partial charge in [0.25, 0.3) is 0 Å². The van der Waals surface area contributed by atoms with Gasteiger partial charge in [0.2, 0.25) is 15.9 Å². The first-order valence-electron chi connectivity index (χ1n) is 9.39. The highest BCUT2D eigenvalue weighted by molar-refractivity contribution is 7.89. The largest absolute Gasteiger partial charge is 0.346 e. The van der Waals surface area contributed by atoms with E-state index in [4.69, 9.17) is 0 Å². The molecule has 1 aliphatic heterocycles. The molecular formula is C20H30N2O3S. The Kier molecular flexibility index (Phi) is 7.85. The van der Waals surface area contributed by atoms with E-state index in [1.165, 1.54) is 0 Å². The third-order valence-corrected chi connectivity index (χ3v) is 6.74. The number of carbonyl (C=O) groups is 1. The molecule has 0 N–H and O–H groups in total. The summed E-state index contributed by atoms with van der Waals surface area (Å²) < 4.78 is 26.9. The minimum absolute atomic E-state index is 0.110. The molecule has 144 valence electrons. The maximum Gasteiger partial charge on any atom is 0.243 e. The molecule has 1 fully saturated rings. The standard InChI is InChI=1S/C20H30N2O3S/c1-3-4-6-15-21(2)20(23)14-11-18-9-12-19(13-10-18)26(24,25)22-16-7-5-8-17-22/h3,9-10,12-13H,1,4-8,11,14-17H2,2H3. The van der Waals surface area contributed by atoms with E-state index in [1.54, 1.807) is 21.3 Å². The van der Waals surface area contributed by atoms with E-state index in [9.17, 15) is 13.2 Å². The molecule has 1 heterocycles. The molecule has 1 aromatic rings. The molecule has 0 radical (unpaired) electrons. The molecule has 0 aliphatic carbocycles. The highest BCUT2D eigenvalue weighted by Crippen LogP contribution is 2.21. The number of rotatable bonds is 9. The number of aryl methyl sites for hydroxylation is 1. The van der Waals surface area contributed by atoms with Crippen LogP contribution in [-0.4, -0.2) is 50.2 Å². The highest BCUT2D eigenvalue weighted by atomic mass is 32.2. The highest BCUT2D eigenvalue weighted by Gasteiger charge is 2.25. The van der Waals surface area contributed by atoms with Gasteiger partial charge in [-0.05, 0) is 49.8 Å². The lowest BCUT2D eigenvalue weighted by Gasteiger charge is -2.25. The number of amides is 1. The number of sulfonamides is 1. The second-order valence-electron chi connectivity index (χ2n) is 6.85. The predicted octanol–water partition coefficient (Wildman–Crippen LogP) is 3.22. The second-order valence-corrected chi connectivity index (χ2v) is 8.79. The van der Waals surface area contributed by atoms with Crippen LogP contribution >= 0.6 is 0 Å². The minimum Gasteiger partial charge on any atom is -0.346 e. The second kappa shape index (κ2) is 9.88. The van der Waals surface area contributed by atoms with Gasteiger partial charge in [-0.25, -0.2) is 8.42 Å². The Bertz CT molecular complexity index is 692. The van der Waals surface area contributed by atoms with E-state index >= 15 is 0 Å². The number of piperidine rings is 1. The Morgan fingerprint density at radius 2 is 1.85 bits per heavy atom. The molecule has 0 saturated carbocycles.